The fourth-order valence-corrected chi connectivity index (χ4v) is 2.07. The van der Waals surface area contributed by atoms with E-state index >= 15 is 0 Å². The van der Waals surface area contributed by atoms with Crippen LogP contribution in [0.5, 0.6) is 0 Å². The van der Waals surface area contributed by atoms with Gasteiger partial charge in [-0.25, -0.2) is 15.8 Å². The molecule has 0 aliphatic heterocycles. The first-order valence-electron chi connectivity index (χ1n) is 6.83. The molecule has 1 atom stereocenters. The molecule has 1 unspecified atom stereocenters. The van der Waals surface area contributed by atoms with Crippen LogP contribution in [0.25, 0.3) is 0 Å². The van der Waals surface area contributed by atoms with Gasteiger partial charge in [-0.2, -0.15) is 0 Å². The number of nitrogens with one attached hydrogen (secondary N) is 2. The lowest BCUT2D eigenvalue weighted by molar-refractivity contribution is 0.619. The molecule has 1 rings (SSSR count). The predicted octanol–water partition coefficient (Wildman–Crippen LogP) is 2.71. The maximum absolute atomic E-state index is 5.50. The maximum Gasteiger partial charge on any atom is 0.148 e. The molecule has 0 saturated carbocycles. The summed E-state index contributed by atoms with van der Waals surface area (Å²) in [7, 11) is 0. The van der Waals surface area contributed by atoms with E-state index in [-0.39, 0.29) is 0 Å². The zero-order chi connectivity index (χ0) is 13.4. The Bertz CT molecular complexity index is 353. The third-order valence-corrected chi connectivity index (χ3v) is 3.05. The van der Waals surface area contributed by atoms with E-state index in [4.69, 9.17) is 5.84 Å². The molecule has 0 aliphatic carbocycles. The lowest BCUT2D eigenvalue weighted by Crippen LogP contribution is -2.21. The number of nitrogens with two attached hydrogens (primary N) is 1. The van der Waals surface area contributed by atoms with Crippen LogP contribution in [0.1, 0.15) is 52.0 Å². The van der Waals surface area contributed by atoms with Crippen LogP contribution in [-0.4, -0.2) is 16.0 Å². The Morgan fingerprint density at radius 3 is 2.44 bits per heavy atom. The fourth-order valence-electron chi connectivity index (χ4n) is 2.07. The molecule has 4 N–H and O–H groups in total. The van der Waals surface area contributed by atoms with Crippen molar-refractivity contribution in [2.45, 2.75) is 58.9 Å². The van der Waals surface area contributed by atoms with Crippen molar-refractivity contribution in [2.75, 3.05) is 10.7 Å². The van der Waals surface area contributed by atoms with Gasteiger partial charge in [0.05, 0.1) is 0 Å². The standard InChI is InChI=1S/C13H25N5/c1-4-7-10(6-3)17-12-11(8-5-2)13(18-14)16-9-15-12/h9-10H,4-8,14H2,1-3H3,(H2,15,16,17,18). The van der Waals surface area contributed by atoms with Crippen molar-refractivity contribution >= 4 is 11.6 Å². The Morgan fingerprint density at radius 2 is 1.89 bits per heavy atom. The number of anilines is 2. The highest BCUT2D eigenvalue weighted by molar-refractivity contribution is 5.57. The van der Waals surface area contributed by atoms with Crippen molar-refractivity contribution in [3.63, 3.8) is 0 Å². The Balaban J connectivity index is 2.92. The van der Waals surface area contributed by atoms with Gasteiger partial charge in [0, 0.05) is 11.6 Å². The molecule has 102 valence electrons. The molecule has 0 saturated heterocycles. The van der Waals surface area contributed by atoms with Crippen LogP contribution in [0.15, 0.2) is 6.33 Å². The molecule has 5 heteroatoms. The van der Waals surface area contributed by atoms with Gasteiger partial charge in [0.25, 0.3) is 0 Å². The second-order valence-electron chi connectivity index (χ2n) is 4.48. The summed E-state index contributed by atoms with van der Waals surface area (Å²) in [4.78, 5) is 8.53. The summed E-state index contributed by atoms with van der Waals surface area (Å²) in [5.41, 5.74) is 3.73. The Morgan fingerprint density at radius 1 is 1.17 bits per heavy atom. The van der Waals surface area contributed by atoms with Gasteiger partial charge in [0.2, 0.25) is 0 Å². The van der Waals surface area contributed by atoms with E-state index in [2.05, 4.69) is 41.5 Å². The van der Waals surface area contributed by atoms with Gasteiger partial charge in [-0.05, 0) is 19.3 Å². The number of hydrazine groups is 1. The van der Waals surface area contributed by atoms with Crippen molar-refractivity contribution in [3.8, 4) is 0 Å². The number of nitrogen functional groups attached to an aromatic ring is 1. The summed E-state index contributed by atoms with van der Waals surface area (Å²) in [6.45, 7) is 6.53. The minimum Gasteiger partial charge on any atom is -0.367 e. The van der Waals surface area contributed by atoms with Gasteiger partial charge in [-0.3, -0.25) is 0 Å². The molecule has 0 bridgehead atoms. The van der Waals surface area contributed by atoms with Crippen LogP contribution in [0.3, 0.4) is 0 Å². The first-order valence-corrected chi connectivity index (χ1v) is 6.83. The Labute approximate surface area is 110 Å². The van der Waals surface area contributed by atoms with Crippen molar-refractivity contribution in [1.82, 2.24) is 9.97 Å². The SMILES string of the molecule is CCCc1c(NN)ncnc1NC(CC)CCC. The summed E-state index contributed by atoms with van der Waals surface area (Å²) in [5, 5.41) is 3.51. The Hall–Kier alpha value is -1.36. The second kappa shape index (κ2) is 7.87. The summed E-state index contributed by atoms with van der Waals surface area (Å²) in [6.07, 6.45) is 6.93. The third kappa shape index (κ3) is 3.84. The topological polar surface area (TPSA) is 75.9 Å². The highest BCUT2D eigenvalue weighted by Gasteiger charge is 2.13. The molecule has 1 heterocycles. The van der Waals surface area contributed by atoms with Crippen LogP contribution in [0, 0.1) is 0 Å². The normalized spacial score (nSPS) is 12.2. The monoisotopic (exact) mass is 251 g/mol. The van der Waals surface area contributed by atoms with Crippen molar-refractivity contribution in [3.05, 3.63) is 11.9 Å². The molecule has 0 spiro atoms. The first-order chi connectivity index (χ1) is 8.76. The van der Waals surface area contributed by atoms with Crippen molar-refractivity contribution < 1.29 is 0 Å². The zero-order valence-electron chi connectivity index (χ0n) is 11.7. The number of hydrogen-bond acceptors (Lipinski definition) is 5. The summed E-state index contributed by atoms with van der Waals surface area (Å²) >= 11 is 0. The van der Waals surface area contributed by atoms with E-state index in [1.807, 2.05) is 0 Å². The number of nitrogens with zero attached hydrogens (tertiary/aromatic N) is 2. The molecule has 18 heavy (non-hydrogen) atoms. The molecule has 0 amide bonds. The van der Waals surface area contributed by atoms with E-state index in [0.717, 1.165) is 42.9 Å². The predicted molar refractivity (Wildman–Crippen MR) is 76.4 cm³/mol. The van der Waals surface area contributed by atoms with Gasteiger partial charge in [0.15, 0.2) is 0 Å². The average Bonchev–Trinajstić information content (AvgIpc) is 2.40. The minimum absolute atomic E-state index is 0.464. The second-order valence-corrected chi connectivity index (χ2v) is 4.48. The van der Waals surface area contributed by atoms with Gasteiger partial charge in [-0.15, -0.1) is 0 Å². The maximum atomic E-state index is 5.50. The summed E-state index contributed by atoms with van der Waals surface area (Å²) in [5.74, 6) is 7.14. The Kier molecular flexibility index (Phi) is 6.43. The molecule has 5 nitrogen and oxygen atoms in total. The lowest BCUT2D eigenvalue weighted by Gasteiger charge is -2.20. The lowest BCUT2D eigenvalue weighted by atomic mass is 10.1. The van der Waals surface area contributed by atoms with Crippen LogP contribution < -0.4 is 16.6 Å². The summed E-state index contributed by atoms with van der Waals surface area (Å²) in [6, 6.07) is 0.464. The third-order valence-electron chi connectivity index (χ3n) is 3.05. The molecule has 1 aromatic rings. The van der Waals surface area contributed by atoms with Crippen molar-refractivity contribution in [2.24, 2.45) is 5.84 Å². The van der Waals surface area contributed by atoms with E-state index < -0.39 is 0 Å². The molecule has 0 fully saturated rings. The van der Waals surface area contributed by atoms with E-state index in [9.17, 15) is 0 Å². The average molecular weight is 251 g/mol. The molecule has 1 aromatic heterocycles. The van der Waals surface area contributed by atoms with E-state index in [1.54, 1.807) is 6.33 Å². The van der Waals surface area contributed by atoms with Gasteiger partial charge in [-0.1, -0.05) is 33.6 Å². The quantitative estimate of drug-likeness (QED) is 0.489. The van der Waals surface area contributed by atoms with E-state index in [0.29, 0.717) is 6.04 Å². The molecule has 0 aliphatic rings. The van der Waals surface area contributed by atoms with Crippen LogP contribution in [0.2, 0.25) is 0 Å². The van der Waals surface area contributed by atoms with Crippen LogP contribution in [-0.2, 0) is 6.42 Å². The van der Waals surface area contributed by atoms with Crippen molar-refractivity contribution in [1.29, 1.82) is 0 Å². The highest BCUT2D eigenvalue weighted by atomic mass is 15.3. The van der Waals surface area contributed by atoms with Gasteiger partial charge >= 0.3 is 0 Å². The van der Waals surface area contributed by atoms with Crippen LogP contribution >= 0.6 is 0 Å². The molecule has 0 aromatic carbocycles. The van der Waals surface area contributed by atoms with Crippen LogP contribution in [0.4, 0.5) is 11.6 Å². The first kappa shape index (κ1) is 14.7. The zero-order valence-corrected chi connectivity index (χ0v) is 11.7. The fraction of sp³-hybridized carbons (Fsp3) is 0.692. The van der Waals surface area contributed by atoms with E-state index in [1.165, 1.54) is 6.42 Å². The number of rotatable bonds is 8. The largest absolute Gasteiger partial charge is 0.367 e. The summed E-state index contributed by atoms with van der Waals surface area (Å²) < 4.78 is 0. The smallest absolute Gasteiger partial charge is 0.148 e. The minimum atomic E-state index is 0.464. The molecular formula is C13H25N5. The number of aromatic nitrogens is 2. The van der Waals surface area contributed by atoms with Gasteiger partial charge in [0.1, 0.15) is 18.0 Å². The number of hydrogen-bond donors (Lipinski definition) is 3. The molecule has 0 radical (unpaired) electrons. The van der Waals surface area contributed by atoms with Gasteiger partial charge < -0.3 is 10.7 Å². The highest BCUT2D eigenvalue weighted by Crippen LogP contribution is 2.22. The molecular weight excluding hydrogens is 226 g/mol.